The lowest BCUT2D eigenvalue weighted by molar-refractivity contribution is 0.0695. The molecule has 1 aromatic heterocycles. The first-order valence-corrected chi connectivity index (χ1v) is 5.61. The second-order valence-electron chi connectivity index (χ2n) is 4.09. The van der Waals surface area contributed by atoms with Crippen LogP contribution in [0.1, 0.15) is 42.5 Å². The van der Waals surface area contributed by atoms with Crippen LogP contribution in [0.4, 0.5) is 0 Å². The van der Waals surface area contributed by atoms with Crippen LogP contribution >= 0.6 is 0 Å². The average molecular weight is 221 g/mol. The first kappa shape index (κ1) is 10.9. The lowest BCUT2D eigenvalue weighted by Crippen LogP contribution is -2.19. The quantitative estimate of drug-likeness (QED) is 0.851. The summed E-state index contributed by atoms with van der Waals surface area (Å²) >= 11 is 0. The maximum atomic E-state index is 10.7. The molecule has 0 radical (unpaired) electrons. The molecular weight excluding hydrogens is 206 g/mol. The van der Waals surface area contributed by atoms with Gasteiger partial charge in [0.1, 0.15) is 5.75 Å². The molecule has 2 rings (SSSR count). The van der Waals surface area contributed by atoms with Crippen LogP contribution in [0.25, 0.3) is 0 Å². The van der Waals surface area contributed by atoms with E-state index in [0.717, 1.165) is 12.8 Å². The van der Waals surface area contributed by atoms with E-state index < -0.39 is 5.97 Å². The van der Waals surface area contributed by atoms with Gasteiger partial charge in [0, 0.05) is 6.20 Å². The maximum absolute atomic E-state index is 10.7. The molecule has 1 N–H and O–H groups in total. The number of rotatable bonds is 3. The third-order valence-electron chi connectivity index (χ3n) is 2.82. The van der Waals surface area contributed by atoms with Crippen LogP contribution in [-0.2, 0) is 0 Å². The van der Waals surface area contributed by atoms with E-state index >= 15 is 0 Å². The molecule has 4 nitrogen and oxygen atoms in total. The Kier molecular flexibility index (Phi) is 3.39. The highest BCUT2D eigenvalue weighted by molar-refractivity contribution is 5.87. The predicted molar refractivity (Wildman–Crippen MR) is 58.7 cm³/mol. The first-order chi connectivity index (χ1) is 7.75. The van der Waals surface area contributed by atoms with Gasteiger partial charge in [-0.3, -0.25) is 4.98 Å². The molecule has 86 valence electrons. The molecule has 0 spiro atoms. The number of hydrogen-bond acceptors (Lipinski definition) is 3. The SMILES string of the molecule is O=C(O)c1cncc(OC2CCCCC2)c1. The third kappa shape index (κ3) is 2.72. The summed E-state index contributed by atoms with van der Waals surface area (Å²) in [6, 6.07) is 1.53. The van der Waals surface area contributed by atoms with Gasteiger partial charge in [-0.05, 0) is 31.7 Å². The van der Waals surface area contributed by atoms with Crippen molar-refractivity contribution in [1.82, 2.24) is 4.98 Å². The van der Waals surface area contributed by atoms with Crippen molar-refractivity contribution in [3.63, 3.8) is 0 Å². The van der Waals surface area contributed by atoms with Crippen LogP contribution in [0.3, 0.4) is 0 Å². The summed E-state index contributed by atoms with van der Waals surface area (Å²) in [6.45, 7) is 0. The van der Waals surface area contributed by atoms with Gasteiger partial charge >= 0.3 is 5.97 Å². The second kappa shape index (κ2) is 4.96. The summed E-state index contributed by atoms with van der Waals surface area (Å²) < 4.78 is 5.72. The van der Waals surface area contributed by atoms with Crippen LogP contribution < -0.4 is 4.74 Å². The van der Waals surface area contributed by atoms with Gasteiger partial charge in [0.05, 0.1) is 17.9 Å². The number of aromatic carboxylic acids is 1. The molecule has 1 aromatic rings. The summed E-state index contributed by atoms with van der Waals surface area (Å²) in [5.74, 6) is -0.409. The Morgan fingerprint density at radius 1 is 1.31 bits per heavy atom. The van der Waals surface area contributed by atoms with E-state index in [4.69, 9.17) is 9.84 Å². The number of nitrogens with zero attached hydrogens (tertiary/aromatic N) is 1. The van der Waals surface area contributed by atoms with Crippen LogP contribution in [0.2, 0.25) is 0 Å². The van der Waals surface area contributed by atoms with Gasteiger partial charge in [0.15, 0.2) is 0 Å². The fraction of sp³-hybridized carbons (Fsp3) is 0.500. The highest BCUT2D eigenvalue weighted by Gasteiger charge is 2.15. The molecule has 0 saturated heterocycles. The molecule has 0 aromatic carbocycles. The fourth-order valence-electron chi connectivity index (χ4n) is 1.98. The van der Waals surface area contributed by atoms with Gasteiger partial charge in [-0.25, -0.2) is 4.79 Å². The number of ether oxygens (including phenoxy) is 1. The van der Waals surface area contributed by atoms with E-state index in [1.807, 2.05) is 0 Å². The zero-order valence-electron chi connectivity index (χ0n) is 9.06. The van der Waals surface area contributed by atoms with Crippen molar-refractivity contribution in [1.29, 1.82) is 0 Å². The highest BCUT2D eigenvalue weighted by atomic mass is 16.5. The van der Waals surface area contributed by atoms with Crippen molar-refractivity contribution < 1.29 is 14.6 Å². The van der Waals surface area contributed by atoms with Crippen molar-refractivity contribution in [2.45, 2.75) is 38.2 Å². The van der Waals surface area contributed by atoms with Crippen LogP contribution in [0.15, 0.2) is 18.5 Å². The number of carbonyl (C=O) groups is 1. The number of carboxylic acid groups (broad SMARTS) is 1. The zero-order chi connectivity index (χ0) is 11.4. The minimum absolute atomic E-state index is 0.174. The van der Waals surface area contributed by atoms with E-state index in [-0.39, 0.29) is 11.7 Å². The van der Waals surface area contributed by atoms with Crippen LogP contribution in [-0.4, -0.2) is 22.2 Å². The summed E-state index contributed by atoms with van der Waals surface area (Å²) in [4.78, 5) is 14.6. The van der Waals surface area contributed by atoms with Crippen LogP contribution in [0.5, 0.6) is 5.75 Å². The lowest BCUT2D eigenvalue weighted by atomic mass is 9.98. The van der Waals surface area contributed by atoms with Crippen molar-refractivity contribution >= 4 is 5.97 Å². The third-order valence-corrected chi connectivity index (χ3v) is 2.82. The Morgan fingerprint density at radius 3 is 2.75 bits per heavy atom. The molecule has 1 fully saturated rings. The van der Waals surface area contributed by atoms with Crippen molar-refractivity contribution in [3.8, 4) is 5.75 Å². The first-order valence-electron chi connectivity index (χ1n) is 5.61. The maximum Gasteiger partial charge on any atom is 0.337 e. The average Bonchev–Trinajstić information content (AvgIpc) is 2.30. The zero-order valence-corrected chi connectivity index (χ0v) is 9.06. The Bertz CT molecular complexity index is 372. The normalized spacial score (nSPS) is 17.0. The monoisotopic (exact) mass is 221 g/mol. The number of carboxylic acids is 1. The highest BCUT2D eigenvalue weighted by Crippen LogP contribution is 2.23. The Balaban J connectivity index is 2.02. The van der Waals surface area contributed by atoms with Gasteiger partial charge in [-0.2, -0.15) is 0 Å². The lowest BCUT2D eigenvalue weighted by Gasteiger charge is -2.22. The standard InChI is InChI=1S/C12H15NO3/c14-12(15)9-6-11(8-13-7-9)16-10-4-2-1-3-5-10/h6-8,10H,1-5H2,(H,14,15). The Labute approximate surface area is 94.3 Å². The Hall–Kier alpha value is -1.58. The van der Waals surface area contributed by atoms with E-state index in [1.165, 1.54) is 31.5 Å². The van der Waals surface area contributed by atoms with E-state index in [9.17, 15) is 4.79 Å². The van der Waals surface area contributed by atoms with Gasteiger partial charge in [-0.15, -0.1) is 0 Å². The van der Waals surface area contributed by atoms with Gasteiger partial charge in [0.25, 0.3) is 0 Å². The summed E-state index contributed by atoms with van der Waals surface area (Å²) in [7, 11) is 0. The van der Waals surface area contributed by atoms with Gasteiger partial charge in [-0.1, -0.05) is 6.42 Å². The molecule has 0 unspecified atom stereocenters. The van der Waals surface area contributed by atoms with Gasteiger partial charge < -0.3 is 9.84 Å². The molecular formula is C12H15NO3. The Morgan fingerprint density at radius 2 is 2.06 bits per heavy atom. The molecule has 0 amide bonds. The molecule has 1 saturated carbocycles. The van der Waals surface area contributed by atoms with E-state index in [1.54, 1.807) is 6.20 Å². The number of pyridine rings is 1. The smallest absolute Gasteiger partial charge is 0.337 e. The molecule has 4 heteroatoms. The summed E-state index contributed by atoms with van der Waals surface area (Å²) in [5.41, 5.74) is 0.174. The van der Waals surface area contributed by atoms with E-state index in [0.29, 0.717) is 5.75 Å². The minimum atomic E-state index is -0.971. The number of aromatic nitrogens is 1. The van der Waals surface area contributed by atoms with Gasteiger partial charge in [0.2, 0.25) is 0 Å². The minimum Gasteiger partial charge on any atom is -0.489 e. The van der Waals surface area contributed by atoms with Crippen molar-refractivity contribution in [3.05, 3.63) is 24.0 Å². The number of hydrogen-bond donors (Lipinski definition) is 1. The molecule has 1 heterocycles. The summed E-state index contributed by atoms with van der Waals surface area (Å²) in [6.07, 6.45) is 8.88. The fourth-order valence-corrected chi connectivity index (χ4v) is 1.98. The molecule has 0 atom stereocenters. The molecule has 1 aliphatic carbocycles. The topological polar surface area (TPSA) is 59.4 Å². The van der Waals surface area contributed by atoms with Crippen molar-refractivity contribution in [2.75, 3.05) is 0 Å². The predicted octanol–water partition coefficient (Wildman–Crippen LogP) is 2.49. The van der Waals surface area contributed by atoms with E-state index in [2.05, 4.69) is 4.98 Å². The largest absolute Gasteiger partial charge is 0.489 e. The van der Waals surface area contributed by atoms with Crippen LogP contribution in [0, 0.1) is 0 Å². The van der Waals surface area contributed by atoms with Crippen molar-refractivity contribution in [2.24, 2.45) is 0 Å². The summed E-state index contributed by atoms with van der Waals surface area (Å²) in [5, 5.41) is 8.82. The second-order valence-corrected chi connectivity index (χ2v) is 4.09. The molecule has 16 heavy (non-hydrogen) atoms. The molecule has 1 aliphatic rings. The molecule has 0 bridgehead atoms. The molecule has 0 aliphatic heterocycles.